The molecule has 0 bridgehead atoms. The minimum absolute atomic E-state index is 0.0515. The topological polar surface area (TPSA) is 104 Å². The van der Waals surface area contributed by atoms with Crippen LogP contribution in [-0.4, -0.2) is 104 Å². The molecule has 3 aromatic heterocycles. The summed E-state index contributed by atoms with van der Waals surface area (Å²) in [6.45, 7) is 4.90. The van der Waals surface area contributed by atoms with Crippen molar-refractivity contribution in [2.24, 2.45) is 0 Å². The normalized spacial score (nSPS) is 21.0. The maximum atomic E-state index is 13.1. The van der Waals surface area contributed by atoms with Crippen molar-refractivity contribution in [2.45, 2.75) is 18.9 Å². The van der Waals surface area contributed by atoms with Gasteiger partial charge in [0.05, 0.1) is 31.0 Å². The number of nitrogens with one attached hydrogen (secondary N) is 1. The van der Waals surface area contributed by atoms with Crippen molar-refractivity contribution in [3.8, 4) is 0 Å². The monoisotopic (exact) mass is 488 g/mol. The zero-order valence-corrected chi connectivity index (χ0v) is 20.3. The van der Waals surface area contributed by atoms with E-state index < -0.39 is 10.0 Å². The van der Waals surface area contributed by atoms with E-state index in [1.165, 1.54) is 0 Å². The van der Waals surface area contributed by atoms with Gasteiger partial charge >= 0.3 is 0 Å². The van der Waals surface area contributed by atoms with Gasteiger partial charge in [-0.1, -0.05) is 0 Å². The molecule has 0 amide bonds. The second-order valence-electron chi connectivity index (χ2n) is 8.92. The lowest BCUT2D eigenvalue weighted by Gasteiger charge is -2.38. The smallest absolute Gasteiger partial charge is 0.227 e. The average Bonchev–Trinajstić information content (AvgIpc) is 3.34. The Kier molecular flexibility index (Phi) is 6.98. The van der Waals surface area contributed by atoms with Crippen LogP contribution >= 0.6 is 0 Å². The van der Waals surface area contributed by atoms with Gasteiger partial charge in [-0.25, -0.2) is 18.4 Å². The lowest BCUT2D eigenvalue weighted by Crippen LogP contribution is -2.51. The molecule has 1 unspecified atom stereocenters. The molecule has 1 N–H and O–H groups in total. The van der Waals surface area contributed by atoms with Gasteiger partial charge in [0.2, 0.25) is 10.0 Å². The van der Waals surface area contributed by atoms with Gasteiger partial charge < -0.3 is 19.4 Å². The third-order valence-corrected chi connectivity index (χ3v) is 8.51. The van der Waals surface area contributed by atoms with Crippen LogP contribution in [0.15, 0.2) is 30.7 Å². The maximum Gasteiger partial charge on any atom is 0.227 e. The molecule has 0 spiro atoms. The van der Waals surface area contributed by atoms with Crippen LogP contribution in [0.4, 0.5) is 5.69 Å². The van der Waals surface area contributed by atoms with Gasteiger partial charge in [0.25, 0.3) is 0 Å². The number of ether oxygens (including phenoxy) is 2. The summed E-state index contributed by atoms with van der Waals surface area (Å²) >= 11 is 0. The van der Waals surface area contributed by atoms with Crippen molar-refractivity contribution in [1.29, 1.82) is 0 Å². The molecule has 2 fully saturated rings. The van der Waals surface area contributed by atoms with E-state index in [4.69, 9.17) is 9.47 Å². The van der Waals surface area contributed by atoms with Crippen molar-refractivity contribution in [3.63, 3.8) is 0 Å². The van der Waals surface area contributed by atoms with E-state index in [1.807, 2.05) is 23.4 Å². The summed E-state index contributed by atoms with van der Waals surface area (Å²) in [7, 11) is -1.74. The highest BCUT2D eigenvalue weighted by atomic mass is 32.2. The number of hydrogen-bond acceptors (Lipinski definition) is 8. The number of hydrogen-bond donors (Lipinski definition) is 1. The fourth-order valence-electron chi connectivity index (χ4n) is 4.92. The van der Waals surface area contributed by atoms with Crippen LogP contribution in [0.1, 0.15) is 12.8 Å². The Labute approximate surface area is 199 Å². The molecule has 5 heterocycles. The summed E-state index contributed by atoms with van der Waals surface area (Å²) in [5.74, 6) is 0.0515. The van der Waals surface area contributed by atoms with Gasteiger partial charge in [-0.15, -0.1) is 0 Å². The van der Waals surface area contributed by atoms with E-state index in [9.17, 15) is 8.42 Å². The van der Waals surface area contributed by atoms with Crippen LogP contribution in [0, 0.1) is 0 Å². The van der Waals surface area contributed by atoms with Crippen LogP contribution in [0.3, 0.4) is 0 Å². The number of methoxy groups -OCH3 is 1. The summed E-state index contributed by atoms with van der Waals surface area (Å²) in [5, 5.41) is 2.14. The standard InChI is InChI=1S/C23H32N6O4S/c1-32-13-14-33-18-3-2-8-29(16-18)34(30,31)17-27-9-11-28(12-10-27)21-5-7-24-20-15-26-23-19(22(20)21)4-6-25-23/h4-7,15,18,24H,2-3,8-14,16-17H2,1H3. The molecule has 34 heavy (non-hydrogen) atoms. The number of sulfonamides is 1. The van der Waals surface area contributed by atoms with Crippen molar-refractivity contribution < 1.29 is 17.9 Å². The Morgan fingerprint density at radius 2 is 1.97 bits per heavy atom. The molecular weight excluding hydrogens is 456 g/mol. The minimum Gasteiger partial charge on any atom is -0.382 e. The van der Waals surface area contributed by atoms with Crippen molar-refractivity contribution in [1.82, 2.24) is 24.2 Å². The Bertz CT molecular complexity index is 1220. The molecule has 2 aliphatic heterocycles. The van der Waals surface area contributed by atoms with Gasteiger partial charge in [-0.3, -0.25) is 4.90 Å². The largest absolute Gasteiger partial charge is 0.382 e. The number of anilines is 1. The summed E-state index contributed by atoms with van der Waals surface area (Å²) in [4.78, 5) is 16.4. The molecular formula is C23H32N6O4S. The molecule has 0 aromatic carbocycles. The van der Waals surface area contributed by atoms with Crippen LogP contribution in [-0.2, 0) is 19.5 Å². The molecule has 0 aliphatic carbocycles. The first-order valence-corrected chi connectivity index (χ1v) is 13.4. The Balaban J connectivity index is 1.22. The minimum atomic E-state index is -3.38. The highest BCUT2D eigenvalue weighted by Gasteiger charge is 2.32. The number of aromatic nitrogens is 3. The quantitative estimate of drug-likeness (QED) is 0.478. The van der Waals surface area contributed by atoms with Gasteiger partial charge in [-0.2, -0.15) is 4.31 Å². The van der Waals surface area contributed by atoms with Gasteiger partial charge in [0, 0.05) is 75.2 Å². The molecule has 3 aromatic rings. The molecule has 0 radical (unpaired) electrons. The molecule has 10 nitrogen and oxygen atoms in total. The predicted molar refractivity (Wildman–Crippen MR) is 131 cm³/mol. The van der Waals surface area contributed by atoms with Crippen molar-refractivity contribution in [2.75, 3.05) is 70.4 Å². The molecule has 2 aliphatic rings. The van der Waals surface area contributed by atoms with Crippen LogP contribution < -0.4 is 4.90 Å². The number of nitrogens with zero attached hydrogens (tertiary/aromatic N) is 5. The fourth-order valence-corrected chi connectivity index (χ4v) is 6.61. The summed E-state index contributed by atoms with van der Waals surface area (Å²) in [5.41, 5.74) is 2.84. The summed E-state index contributed by atoms with van der Waals surface area (Å²) in [6.07, 6.45) is 7.18. The van der Waals surface area contributed by atoms with Crippen LogP contribution in [0.2, 0.25) is 0 Å². The molecule has 5 rings (SSSR count). The van der Waals surface area contributed by atoms with Gasteiger partial charge in [0.15, 0.2) is 5.65 Å². The number of pyridine rings is 2. The van der Waals surface area contributed by atoms with Gasteiger partial charge in [0.1, 0.15) is 5.88 Å². The first-order chi connectivity index (χ1) is 16.5. The zero-order valence-electron chi connectivity index (χ0n) is 19.5. The zero-order chi connectivity index (χ0) is 23.5. The van der Waals surface area contributed by atoms with E-state index in [0.29, 0.717) is 39.4 Å². The van der Waals surface area contributed by atoms with E-state index >= 15 is 0 Å². The Morgan fingerprint density at radius 1 is 1.12 bits per heavy atom. The molecule has 184 valence electrons. The highest BCUT2D eigenvalue weighted by molar-refractivity contribution is 7.89. The number of H-pyrrole nitrogens is 1. The molecule has 0 saturated carbocycles. The van der Waals surface area contributed by atoms with E-state index in [0.717, 1.165) is 53.6 Å². The fraction of sp³-hybridized carbons (Fsp3) is 0.565. The number of aromatic amines is 1. The third-order valence-electron chi connectivity index (χ3n) is 6.70. The number of piperazine rings is 1. The first kappa shape index (κ1) is 23.4. The number of fused-ring (bicyclic) bond motifs is 3. The van der Waals surface area contributed by atoms with E-state index in [2.05, 4.69) is 25.9 Å². The second-order valence-corrected chi connectivity index (χ2v) is 10.9. The number of piperidine rings is 1. The lowest BCUT2D eigenvalue weighted by atomic mass is 10.1. The Morgan fingerprint density at radius 3 is 2.79 bits per heavy atom. The SMILES string of the molecule is COCCOC1CCCN(S(=O)(=O)CN2CCN(c3cc[nH]c4cnc5nccc5c34)CC2)C1. The molecule has 11 heteroatoms. The number of rotatable bonds is 8. The van der Waals surface area contributed by atoms with E-state index in [1.54, 1.807) is 17.6 Å². The summed E-state index contributed by atoms with van der Waals surface area (Å²) in [6, 6.07) is 4.08. The maximum absolute atomic E-state index is 13.1. The van der Waals surface area contributed by atoms with Gasteiger partial charge in [-0.05, 0) is 25.0 Å². The van der Waals surface area contributed by atoms with Crippen molar-refractivity contribution >= 4 is 37.6 Å². The summed E-state index contributed by atoms with van der Waals surface area (Å²) < 4.78 is 38.7. The second kappa shape index (κ2) is 10.1. The predicted octanol–water partition coefficient (Wildman–Crippen LogP) is 1.65. The molecule has 1 atom stereocenters. The van der Waals surface area contributed by atoms with Crippen LogP contribution in [0.5, 0.6) is 0 Å². The highest BCUT2D eigenvalue weighted by Crippen LogP contribution is 2.31. The average molecular weight is 489 g/mol. The van der Waals surface area contributed by atoms with E-state index in [-0.39, 0.29) is 12.0 Å². The van der Waals surface area contributed by atoms with Crippen LogP contribution in [0.25, 0.3) is 21.9 Å². The third kappa shape index (κ3) is 4.89. The Hall–Kier alpha value is -2.31. The first-order valence-electron chi connectivity index (χ1n) is 11.8. The molecule has 2 saturated heterocycles. The lowest BCUT2D eigenvalue weighted by molar-refractivity contribution is -0.00670. The van der Waals surface area contributed by atoms with Crippen molar-refractivity contribution in [3.05, 3.63) is 30.7 Å².